The fourth-order valence-electron chi connectivity index (χ4n) is 2.22. The van der Waals surface area contributed by atoms with Crippen molar-refractivity contribution in [3.63, 3.8) is 0 Å². The van der Waals surface area contributed by atoms with E-state index in [0.717, 1.165) is 38.1 Å². The fourth-order valence-corrected chi connectivity index (χ4v) is 2.22. The van der Waals surface area contributed by atoms with Gasteiger partial charge < -0.3 is 5.32 Å². The van der Waals surface area contributed by atoms with Crippen LogP contribution in [0.15, 0.2) is 0 Å². The minimum absolute atomic E-state index is 0.300. The quantitative estimate of drug-likeness (QED) is 0.675. The van der Waals surface area contributed by atoms with Crippen molar-refractivity contribution in [1.82, 2.24) is 5.32 Å². The van der Waals surface area contributed by atoms with Crippen LogP contribution in [0, 0.1) is 11.8 Å². The Morgan fingerprint density at radius 3 is 2.71 bits per heavy atom. The highest BCUT2D eigenvalue weighted by Gasteiger charge is 2.28. The maximum atomic E-state index is 11.7. The molecule has 1 saturated carbocycles. The summed E-state index contributed by atoms with van der Waals surface area (Å²) in [6.45, 7) is 5.24. The smallest absolute Gasteiger partial charge is 0.223 e. The molecule has 2 nitrogen and oxygen atoms in total. The summed E-state index contributed by atoms with van der Waals surface area (Å²) in [6, 6.07) is 0. The van der Waals surface area contributed by atoms with Gasteiger partial charge in [0.2, 0.25) is 5.91 Å². The van der Waals surface area contributed by atoms with Gasteiger partial charge in [-0.3, -0.25) is 4.79 Å². The van der Waals surface area contributed by atoms with E-state index >= 15 is 0 Å². The molecule has 1 amide bonds. The van der Waals surface area contributed by atoms with Crippen molar-refractivity contribution in [1.29, 1.82) is 0 Å². The van der Waals surface area contributed by atoms with E-state index in [4.69, 9.17) is 0 Å². The second-order valence-electron chi connectivity index (χ2n) is 4.43. The molecule has 1 rings (SSSR count). The highest BCUT2D eigenvalue weighted by Crippen LogP contribution is 2.32. The number of hydrogen-bond donors (Lipinski definition) is 1. The van der Waals surface area contributed by atoms with E-state index in [1.54, 1.807) is 0 Å². The number of carbonyl (C=O) groups is 1. The monoisotopic (exact) mass is 197 g/mol. The van der Waals surface area contributed by atoms with E-state index < -0.39 is 0 Å². The molecule has 0 aromatic carbocycles. The minimum Gasteiger partial charge on any atom is -0.356 e. The Kier molecular flexibility index (Phi) is 4.99. The van der Waals surface area contributed by atoms with Gasteiger partial charge in [0.25, 0.3) is 0 Å². The largest absolute Gasteiger partial charge is 0.356 e. The van der Waals surface area contributed by atoms with Gasteiger partial charge in [-0.25, -0.2) is 0 Å². The maximum absolute atomic E-state index is 11.7. The zero-order valence-electron chi connectivity index (χ0n) is 9.51. The van der Waals surface area contributed by atoms with Gasteiger partial charge in [-0.05, 0) is 31.6 Å². The van der Waals surface area contributed by atoms with Crippen LogP contribution in [0.2, 0.25) is 0 Å². The first-order chi connectivity index (χ1) is 6.77. The van der Waals surface area contributed by atoms with Crippen molar-refractivity contribution in [2.45, 2.75) is 52.4 Å². The second kappa shape index (κ2) is 6.05. The number of carbonyl (C=O) groups excluding carboxylic acids is 1. The predicted octanol–water partition coefficient (Wildman–Crippen LogP) is 2.73. The molecule has 14 heavy (non-hydrogen) atoms. The van der Waals surface area contributed by atoms with E-state index in [0.29, 0.717) is 11.8 Å². The Hall–Kier alpha value is -0.530. The van der Waals surface area contributed by atoms with E-state index in [-0.39, 0.29) is 0 Å². The fraction of sp³-hybridized carbons (Fsp3) is 0.917. The first-order valence-corrected chi connectivity index (χ1v) is 6.05. The summed E-state index contributed by atoms with van der Waals surface area (Å²) in [5, 5.41) is 3.03. The zero-order chi connectivity index (χ0) is 10.4. The first-order valence-electron chi connectivity index (χ1n) is 6.05. The average Bonchev–Trinajstić information content (AvgIpc) is 2.66. The molecule has 82 valence electrons. The topological polar surface area (TPSA) is 29.1 Å². The normalized spacial score (nSPS) is 26.4. The van der Waals surface area contributed by atoms with Crippen LogP contribution < -0.4 is 5.32 Å². The number of nitrogens with one attached hydrogen (secondary N) is 1. The van der Waals surface area contributed by atoms with Gasteiger partial charge in [-0.15, -0.1) is 0 Å². The van der Waals surface area contributed by atoms with Gasteiger partial charge in [0.05, 0.1) is 0 Å². The van der Waals surface area contributed by atoms with Gasteiger partial charge in [0.15, 0.2) is 0 Å². The van der Waals surface area contributed by atoms with Gasteiger partial charge in [-0.2, -0.15) is 0 Å². The molecule has 1 aliphatic rings. The Labute approximate surface area is 87.5 Å². The van der Waals surface area contributed by atoms with Gasteiger partial charge in [-0.1, -0.05) is 26.7 Å². The summed E-state index contributed by atoms with van der Waals surface area (Å²) < 4.78 is 0. The van der Waals surface area contributed by atoms with Gasteiger partial charge in [0, 0.05) is 12.5 Å². The number of rotatable bonds is 5. The number of amides is 1. The van der Waals surface area contributed by atoms with E-state index in [1.165, 1.54) is 12.8 Å². The molecule has 0 bridgehead atoms. The maximum Gasteiger partial charge on any atom is 0.223 e. The lowest BCUT2D eigenvalue weighted by atomic mass is 10.0. The molecule has 0 spiro atoms. The summed E-state index contributed by atoms with van der Waals surface area (Å²) in [4.78, 5) is 11.7. The van der Waals surface area contributed by atoms with Crippen LogP contribution in [0.25, 0.3) is 0 Å². The van der Waals surface area contributed by atoms with E-state index in [2.05, 4.69) is 19.2 Å². The van der Waals surface area contributed by atoms with E-state index in [1.807, 2.05) is 0 Å². The lowest BCUT2D eigenvalue weighted by Gasteiger charge is -2.10. The third-order valence-corrected chi connectivity index (χ3v) is 3.32. The molecule has 1 N–H and O–H groups in total. The number of hydrogen-bond acceptors (Lipinski definition) is 1. The molecule has 0 radical (unpaired) electrons. The highest BCUT2D eigenvalue weighted by atomic mass is 16.1. The molecular weight excluding hydrogens is 174 g/mol. The van der Waals surface area contributed by atoms with Crippen molar-refractivity contribution in [2.75, 3.05) is 6.54 Å². The molecule has 0 saturated heterocycles. The molecule has 0 aliphatic heterocycles. The molecule has 0 aromatic rings. The third-order valence-electron chi connectivity index (χ3n) is 3.32. The van der Waals surface area contributed by atoms with Crippen molar-refractivity contribution in [2.24, 2.45) is 11.8 Å². The van der Waals surface area contributed by atoms with Crippen molar-refractivity contribution < 1.29 is 4.79 Å². The predicted molar refractivity (Wildman–Crippen MR) is 59.0 cm³/mol. The molecule has 1 fully saturated rings. The van der Waals surface area contributed by atoms with Crippen LogP contribution >= 0.6 is 0 Å². The molecule has 0 heterocycles. The van der Waals surface area contributed by atoms with Crippen LogP contribution in [0.4, 0.5) is 0 Å². The molecule has 2 unspecified atom stereocenters. The summed E-state index contributed by atoms with van der Waals surface area (Å²) in [5.74, 6) is 1.42. The molecule has 0 aromatic heterocycles. The van der Waals surface area contributed by atoms with Crippen molar-refractivity contribution in [3.05, 3.63) is 0 Å². The highest BCUT2D eigenvalue weighted by molar-refractivity contribution is 5.78. The van der Waals surface area contributed by atoms with E-state index in [9.17, 15) is 4.79 Å². The Morgan fingerprint density at radius 1 is 1.36 bits per heavy atom. The summed E-state index contributed by atoms with van der Waals surface area (Å²) >= 11 is 0. The number of unbranched alkanes of at least 4 members (excludes halogenated alkanes) is 1. The molecule has 2 heteroatoms. The van der Waals surface area contributed by atoms with Gasteiger partial charge in [0.1, 0.15) is 0 Å². The standard InChI is InChI=1S/C12H23NO/c1-3-5-8-13-12(14)11-7-6-10(4-2)9-11/h10-11H,3-9H2,1-2H3,(H,13,14). The summed E-state index contributed by atoms with van der Waals surface area (Å²) in [7, 11) is 0. The van der Waals surface area contributed by atoms with Gasteiger partial charge >= 0.3 is 0 Å². The summed E-state index contributed by atoms with van der Waals surface area (Å²) in [5.41, 5.74) is 0. The van der Waals surface area contributed by atoms with Crippen LogP contribution in [0.1, 0.15) is 52.4 Å². The van der Waals surface area contributed by atoms with Crippen LogP contribution in [-0.4, -0.2) is 12.5 Å². The average molecular weight is 197 g/mol. The third kappa shape index (κ3) is 3.32. The second-order valence-corrected chi connectivity index (χ2v) is 4.43. The van der Waals surface area contributed by atoms with Crippen LogP contribution in [0.3, 0.4) is 0 Å². The zero-order valence-corrected chi connectivity index (χ0v) is 9.51. The lowest BCUT2D eigenvalue weighted by molar-refractivity contribution is -0.124. The molecule has 2 atom stereocenters. The SMILES string of the molecule is CCCCNC(=O)C1CCC(CC)C1. The molecular formula is C12H23NO. The Morgan fingerprint density at radius 2 is 2.14 bits per heavy atom. The minimum atomic E-state index is 0.300. The van der Waals surface area contributed by atoms with Crippen LogP contribution in [-0.2, 0) is 4.79 Å². The summed E-state index contributed by atoms with van der Waals surface area (Å²) in [6.07, 6.45) is 6.98. The lowest BCUT2D eigenvalue weighted by Crippen LogP contribution is -2.30. The van der Waals surface area contributed by atoms with Crippen LogP contribution in [0.5, 0.6) is 0 Å². The first kappa shape index (κ1) is 11.5. The Bertz CT molecular complexity index is 179. The van der Waals surface area contributed by atoms with Crippen molar-refractivity contribution >= 4 is 5.91 Å². The van der Waals surface area contributed by atoms with Crippen molar-refractivity contribution in [3.8, 4) is 0 Å². The molecule has 1 aliphatic carbocycles. The Balaban J connectivity index is 2.18.